The highest BCUT2D eigenvalue weighted by molar-refractivity contribution is 5.71. The summed E-state index contributed by atoms with van der Waals surface area (Å²) in [6.45, 7) is 4.24. The van der Waals surface area contributed by atoms with Gasteiger partial charge in [0.25, 0.3) is 0 Å². The lowest BCUT2D eigenvalue weighted by atomic mass is 10.0. The minimum atomic E-state index is 1.09. The summed E-state index contributed by atoms with van der Waals surface area (Å²) in [5, 5.41) is 3.48. The predicted molar refractivity (Wildman–Crippen MR) is 117 cm³/mol. The van der Waals surface area contributed by atoms with Crippen LogP contribution in [0.3, 0.4) is 0 Å². The molecule has 1 nitrogen and oxygen atoms in total. The number of rotatable bonds is 4. The molecule has 4 rings (SSSR count). The zero-order valence-electron chi connectivity index (χ0n) is 15.7. The summed E-state index contributed by atoms with van der Waals surface area (Å²) >= 11 is 0. The Labute approximate surface area is 161 Å². The molecule has 0 saturated heterocycles. The molecule has 0 aliphatic carbocycles. The van der Waals surface area contributed by atoms with Crippen molar-refractivity contribution in [3.8, 4) is 22.3 Å². The van der Waals surface area contributed by atoms with Crippen molar-refractivity contribution in [1.82, 2.24) is 0 Å². The molecule has 27 heavy (non-hydrogen) atoms. The number of hydrogen-bond donors (Lipinski definition) is 1. The maximum atomic E-state index is 3.48. The molecule has 0 aliphatic heterocycles. The van der Waals surface area contributed by atoms with Gasteiger partial charge in [0.2, 0.25) is 0 Å². The molecule has 0 heterocycles. The van der Waals surface area contributed by atoms with Crippen LogP contribution in [0.2, 0.25) is 0 Å². The third-order valence-corrected chi connectivity index (χ3v) is 4.79. The van der Waals surface area contributed by atoms with Gasteiger partial charge >= 0.3 is 0 Å². The van der Waals surface area contributed by atoms with Crippen molar-refractivity contribution in [3.05, 3.63) is 108 Å². The fourth-order valence-electron chi connectivity index (χ4n) is 3.23. The molecular weight excluding hydrogens is 326 g/mol. The fourth-order valence-corrected chi connectivity index (χ4v) is 3.23. The molecule has 0 radical (unpaired) electrons. The van der Waals surface area contributed by atoms with Crippen molar-refractivity contribution in [2.75, 3.05) is 5.32 Å². The molecule has 0 aliphatic rings. The average molecular weight is 349 g/mol. The van der Waals surface area contributed by atoms with Crippen LogP contribution in [0.15, 0.2) is 97.1 Å². The highest BCUT2D eigenvalue weighted by atomic mass is 14.9. The molecule has 0 amide bonds. The molecule has 0 unspecified atom stereocenters. The number of anilines is 2. The van der Waals surface area contributed by atoms with Gasteiger partial charge in [0, 0.05) is 11.4 Å². The molecule has 132 valence electrons. The topological polar surface area (TPSA) is 12.0 Å². The van der Waals surface area contributed by atoms with Gasteiger partial charge in [-0.25, -0.2) is 0 Å². The minimum absolute atomic E-state index is 1.09. The van der Waals surface area contributed by atoms with Crippen LogP contribution in [0.5, 0.6) is 0 Å². The lowest BCUT2D eigenvalue weighted by Gasteiger charge is -2.09. The second-order valence-corrected chi connectivity index (χ2v) is 7.02. The van der Waals surface area contributed by atoms with E-state index in [9.17, 15) is 0 Å². The molecule has 0 aromatic heterocycles. The van der Waals surface area contributed by atoms with Crippen molar-refractivity contribution < 1.29 is 0 Å². The second kappa shape index (κ2) is 7.51. The minimum Gasteiger partial charge on any atom is -0.356 e. The van der Waals surface area contributed by atoms with Gasteiger partial charge in [-0.1, -0.05) is 83.9 Å². The maximum Gasteiger partial charge on any atom is 0.0384 e. The Balaban J connectivity index is 1.48. The Bertz CT molecular complexity index is 1030. The SMILES string of the molecule is Cc1ccc(-c2ccc(Nc3ccc(-c4cccc(C)c4)cc3)cc2)cc1. The van der Waals surface area contributed by atoms with Crippen LogP contribution in [-0.2, 0) is 0 Å². The molecule has 0 saturated carbocycles. The molecule has 1 heteroatoms. The van der Waals surface area contributed by atoms with Crippen LogP contribution < -0.4 is 5.32 Å². The summed E-state index contributed by atoms with van der Waals surface area (Å²) in [5.41, 5.74) is 9.71. The standard InChI is InChI=1S/C26H23N/c1-19-6-8-21(9-7-19)22-10-14-25(15-11-22)27-26-16-12-23(13-17-26)24-5-3-4-20(2)18-24/h3-18,27H,1-2H3. The van der Waals surface area contributed by atoms with E-state index < -0.39 is 0 Å². The summed E-state index contributed by atoms with van der Waals surface area (Å²) in [7, 11) is 0. The van der Waals surface area contributed by atoms with Gasteiger partial charge in [-0.15, -0.1) is 0 Å². The molecule has 4 aromatic rings. The predicted octanol–water partition coefficient (Wildman–Crippen LogP) is 7.38. The second-order valence-electron chi connectivity index (χ2n) is 7.02. The number of aryl methyl sites for hydroxylation is 2. The van der Waals surface area contributed by atoms with Crippen LogP contribution in [0.25, 0.3) is 22.3 Å². The van der Waals surface area contributed by atoms with Gasteiger partial charge in [0.15, 0.2) is 0 Å². The van der Waals surface area contributed by atoms with E-state index in [0.29, 0.717) is 0 Å². The summed E-state index contributed by atoms with van der Waals surface area (Å²) in [5.74, 6) is 0. The highest BCUT2D eigenvalue weighted by Gasteiger charge is 2.01. The normalized spacial score (nSPS) is 10.6. The zero-order valence-corrected chi connectivity index (χ0v) is 15.7. The van der Waals surface area contributed by atoms with E-state index >= 15 is 0 Å². The van der Waals surface area contributed by atoms with Crippen LogP contribution >= 0.6 is 0 Å². The molecule has 0 atom stereocenters. The lowest BCUT2D eigenvalue weighted by molar-refractivity contribution is 1.46. The summed E-state index contributed by atoms with van der Waals surface area (Å²) in [4.78, 5) is 0. The third-order valence-electron chi connectivity index (χ3n) is 4.79. The van der Waals surface area contributed by atoms with Gasteiger partial charge in [0.1, 0.15) is 0 Å². The van der Waals surface area contributed by atoms with Crippen LogP contribution in [0, 0.1) is 13.8 Å². The molecule has 4 aromatic carbocycles. The van der Waals surface area contributed by atoms with Gasteiger partial charge < -0.3 is 5.32 Å². The van der Waals surface area contributed by atoms with Gasteiger partial charge in [0.05, 0.1) is 0 Å². The third kappa shape index (κ3) is 4.09. The van der Waals surface area contributed by atoms with E-state index in [4.69, 9.17) is 0 Å². The highest BCUT2D eigenvalue weighted by Crippen LogP contribution is 2.26. The lowest BCUT2D eigenvalue weighted by Crippen LogP contribution is -1.90. The Kier molecular flexibility index (Phi) is 4.76. The van der Waals surface area contributed by atoms with E-state index in [1.165, 1.54) is 33.4 Å². The van der Waals surface area contributed by atoms with E-state index in [1.807, 2.05) is 0 Å². The first kappa shape index (κ1) is 17.1. The largest absolute Gasteiger partial charge is 0.356 e. The first-order valence-electron chi connectivity index (χ1n) is 9.29. The van der Waals surface area contributed by atoms with Crippen LogP contribution in [0.1, 0.15) is 11.1 Å². The molecule has 0 spiro atoms. The summed E-state index contributed by atoms with van der Waals surface area (Å²) in [6, 6.07) is 34.4. The average Bonchev–Trinajstić information content (AvgIpc) is 2.70. The molecular formula is C26H23N. The molecule has 1 N–H and O–H groups in total. The Morgan fingerprint density at radius 1 is 0.444 bits per heavy atom. The molecule has 0 fully saturated rings. The van der Waals surface area contributed by atoms with Crippen molar-refractivity contribution in [2.24, 2.45) is 0 Å². The van der Waals surface area contributed by atoms with Gasteiger partial charge in [-0.2, -0.15) is 0 Å². The Hall–Kier alpha value is -3.32. The van der Waals surface area contributed by atoms with E-state index in [2.05, 4.69) is 116 Å². The van der Waals surface area contributed by atoms with Crippen LogP contribution in [0.4, 0.5) is 11.4 Å². The van der Waals surface area contributed by atoms with Crippen molar-refractivity contribution in [3.63, 3.8) is 0 Å². The molecule has 0 bridgehead atoms. The van der Waals surface area contributed by atoms with E-state index in [1.54, 1.807) is 0 Å². The Morgan fingerprint density at radius 2 is 0.926 bits per heavy atom. The van der Waals surface area contributed by atoms with Crippen molar-refractivity contribution >= 4 is 11.4 Å². The van der Waals surface area contributed by atoms with Gasteiger partial charge in [-0.3, -0.25) is 0 Å². The maximum absolute atomic E-state index is 3.48. The smallest absolute Gasteiger partial charge is 0.0384 e. The van der Waals surface area contributed by atoms with Crippen molar-refractivity contribution in [1.29, 1.82) is 0 Å². The number of nitrogens with one attached hydrogen (secondary N) is 1. The zero-order chi connectivity index (χ0) is 18.6. The van der Waals surface area contributed by atoms with E-state index in [-0.39, 0.29) is 0 Å². The van der Waals surface area contributed by atoms with Gasteiger partial charge in [-0.05, 0) is 60.4 Å². The summed E-state index contributed by atoms with van der Waals surface area (Å²) < 4.78 is 0. The van der Waals surface area contributed by atoms with E-state index in [0.717, 1.165) is 11.4 Å². The first-order valence-corrected chi connectivity index (χ1v) is 9.29. The number of benzene rings is 4. The monoisotopic (exact) mass is 349 g/mol. The first-order chi connectivity index (χ1) is 13.2. The number of hydrogen-bond acceptors (Lipinski definition) is 1. The van der Waals surface area contributed by atoms with Crippen molar-refractivity contribution in [2.45, 2.75) is 13.8 Å². The quantitative estimate of drug-likeness (QED) is 0.405. The summed E-state index contributed by atoms with van der Waals surface area (Å²) in [6.07, 6.45) is 0. The Morgan fingerprint density at radius 3 is 1.44 bits per heavy atom. The van der Waals surface area contributed by atoms with Crippen LogP contribution in [-0.4, -0.2) is 0 Å². The fraction of sp³-hybridized carbons (Fsp3) is 0.0769.